The first-order valence-electron chi connectivity index (χ1n) is 11.5. The summed E-state index contributed by atoms with van der Waals surface area (Å²) < 4.78 is 12.8. The number of carbonyl (C=O) groups excluding carboxylic acids is 1. The molecule has 0 aliphatic heterocycles. The molecule has 0 saturated carbocycles. The first-order valence-corrected chi connectivity index (χ1v) is 11.5. The maximum atomic E-state index is 12.7. The number of rotatable bonds is 16. The van der Waals surface area contributed by atoms with Gasteiger partial charge in [0.05, 0.1) is 7.11 Å². The number of hydrogen-bond acceptors (Lipinski definition) is 5. The summed E-state index contributed by atoms with van der Waals surface area (Å²) in [7, 11) is 3.26. The van der Waals surface area contributed by atoms with E-state index in [4.69, 9.17) is 9.47 Å². The zero-order chi connectivity index (χ0) is 22.3. The van der Waals surface area contributed by atoms with Gasteiger partial charge in [0, 0.05) is 19.2 Å². The van der Waals surface area contributed by atoms with Gasteiger partial charge in [-0.2, -0.15) is 0 Å². The highest BCUT2D eigenvalue weighted by Gasteiger charge is 2.24. The van der Waals surface area contributed by atoms with Gasteiger partial charge in [-0.3, -0.25) is 4.79 Å². The van der Waals surface area contributed by atoms with Gasteiger partial charge in [-0.05, 0) is 11.4 Å². The number of carbonyl (C=O) groups is 1. The van der Waals surface area contributed by atoms with E-state index in [1.165, 1.54) is 44.9 Å². The number of halogens is 1. The highest BCUT2D eigenvalue weighted by atomic mass is 79.9. The summed E-state index contributed by atoms with van der Waals surface area (Å²) in [6.07, 6.45) is 11.9. The van der Waals surface area contributed by atoms with Gasteiger partial charge in [0.2, 0.25) is 11.5 Å². The Morgan fingerprint density at radius 3 is 2.28 bits per heavy atom. The van der Waals surface area contributed by atoms with E-state index >= 15 is 0 Å². The Labute approximate surface area is 203 Å². The number of hydrogen-bond donors (Lipinski definition) is 1. The van der Waals surface area contributed by atoms with Crippen LogP contribution in [0.1, 0.15) is 74.3 Å². The summed E-state index contributed by atoms with van der Waals surface area (Å²) in [5, 5.41) is 3.40. The van der Waals surface area contributed by atoms with Crippen molar-refractivity contribution < 1.29 is 35.8 Å². The summed E-state index contributed by atoms with van der Waals surface area (Å²) in [6, 6.07) is 9.28. The first-order chi connectivity index (χ1) is 15.2. The highest BCUT2D eigenvalue weighted by Crippen LogP contribution is 2.24. The molecule has 1 aromatic carbocycles. The standard InChI is InChI=1S/C25H37N3O3.BrH/c1-4-5-6-7-8-9-10-14-17-26-25-24(31-3)22(19-30-2)28(20-27-25)18-23(29)21-15-12-11-13-16-21;/h11-13,15-16,20H,4-10,14,17-19H2,1-3H3;1H. The van der Waals surface area contributed by atoms with E-state index in [1.54, 1.807) is 25.1 Å². The van der Waals surface area contributed by atoms with Gasteiger partial charge >= 0.3 is 0 Å². The van der Waals surface area contributed by atoms with Gasteiger partial charge in [-0.15, -0.1) is 0 Å². The number of ketones is 1. The van der Waals surface area contributed by atoms with Gasteiger partial charge in [-0.25, -0.2) is 4.57 Å². The van der Waals surface area contributed by atoms with Crippen LogP contribution in [0.5, 0.6) is 5.75 Å². The monoisotopic (exact) mass is 507 g/mol. The molecule has 1 N–H and O–H groups in total. The fraction of sp³-hybridized carbons (Fsp3) is 0.560. The second-order valence-corrected chi connectivity index (χ2v) is 7.82. The van der Waals surface area contributed by atoms with E-state index in [0.29, 0.717) is 23.7 Å². The fourth-order valence-corrected chi connectivity index (χ4v) is 3.62. The third kappa shape index (κ3) is 9.25. The summed E-state index contributed by atoms with van der Waals surface area (Å²) in [5.41, 5.74) is 1.47. The van der Waals surface area contributed by atoms with E-state index in [-0.39, 0.29) is 29.3 Å². The topological polar surface area (TPSA) is 64.3 Å². The van der Waals surface area contributed by atoms with Crippen LogP contribution in [0.15, 0.2) is 36.7 Å². The van der Waals surface area contributed by atoms with Crippen molar-refractivity contribution >= 4 is 11.6 Å². The number of nitrogens with one attached hydrogen (secondary N) is 1. The van der Waals surface area contributed by atoms with Crippen molar-refractivity contribution in [1.29, 1.82) is 0 Å². The summed E-state index contributed by atoms with van der Waals surface area (Å²) in [5.74, 6) is 1.34. The second-order valence-electron chi connectivity index (χ2n) is 7.82. The average Bonchev–Trinajstić information content (AvgIpc) is 2.80. The molecule has 0 aliphatic rings. The lowest BCUT2D eigenvalue weighted by molar-refractivity contribution is -0.695. The Balaban J connectivity index is 0.00000512. The number of ether oxygens (including phenoxy) is 2. The number of methoxy groups -OCH3 is 2. The molecule has 0 bridgehead atoms. The van der Waals surface area contributed by atoms with Crippen molar-refractivity contribution in [2.75, 3.05) is 26.1 Å². The maximum Gasteiger partial charge on any atom is 0.289 e. The predicted molar refractivity (Wildman–Crippen MR) is 124 cm³/mol. The lowest BCUT2D eigenvalue weighted by Crippen LogP contribution is -3.00. The lowest BCUT2D eigenvalue weighted by Gasteiger charge is -2.13. The van der Waals surface area contributed by atoms with Gasteiger partial charge in [-0.1, -0.05) is 82.2 Å². The zero-order valence-corrected chi connectivity index (χ0v) is 21.3. The Morgan fingerprint density at radius 2 is 1.66 bits per heavy atom. The van der Waals surface area contributed by atoms with Crippen LogP contribution in [0.4, 0.5) is 5.82 Å². The summed E-state index contributed by atoms with van der Waals surface area (Å²) in [6.45, 7) is 3.61. The summed E-state index contributed by atoms with van der Waals surface area (Å²) in [4.78, 5) is 17.2. The van der Waals surface area contributed by atoms with Crippen molar-refractivity contribution in [3.05, 3.63) is 47.9 Å². The number of benzene rings is 1. The molecule has 1 aromatic heterocycles. The number of aromatic nitrogens is 2. The van der Waals surface area contributed by atoms with E-state index in [0.717, 1.165) is 18.7 Å². The molecular formula is C25H38BrN3O3. The quantitative estimate of drug-likeness (QED) is 0.214. The summed E-state index contributed by atoms with van der Waals surface area (Å²) >= 11 is 0. The van der Waals surface area contributed by atoms with Crippen LogP contribution >= 0.6 is 0 Å². The molecule has 7 heteroatoms. The molecule has 0 unspecified atom stereocenters. The molecule has 0 saturated heterocycles. The smallest absolute Gasteiger partial charge is 0.289 e. The molecule has 0 aliphatic carbocycles. The van der Waals surface area contributed by atoms with E-state index < -0.39 is 0 Å². The van der Waals surface area contributed by atoms with Crippen molar-refractivity contribution in [2.24, 2.45) is 0 Å². The van der Waals surface area contributed by atoms with Gasteiger partial charge < -0.3 is 31.8 Å². The van der Waals surface area contributed by atoms with Gasteiger partial charge in [0.25, 0.3) is 12.1 Å². The van der Waals surface area contributed by atoms with Crippen LogP contribution in [0.2, 0.25) is 0 Å². The number of anilines is 1. The van der Waals surface area contributed by atoms with Crippen LogP contribution in [-0.4, -0.2) is 31.5 Å². The van der Waals surface area contributed by atoms with Crippen molar-refractivity contribution in [2.45, 2.75) is 71.4 Å². The second kappa shape index (κ2) is 16.6. The lowest BCUT2D eigenvalue weighted by atomic mass is 10.1. The SMILES string of the molecule is CCCCCCCCCCNc1nc[n+](CC(=O)c2ccccc2)c(COC)c1OC.[Br-]. The molecule has 2 rings (SSSR count). The Morgan fingerprint density at radius 1 is 1.00 bits per heavy atom. The molecule has 6 nitrogen and oxygen atoms in total. The number of Topliss-reactive ketones (excluding diaryl/α,β-unsaturated/α-hetero) is 1. The molecular weight excluding hydrogens is 470 g/mol. The maximum absolute atomic E-state index is 12.7. The normalized spacial score (nSPS) is 10.5. The molecule has 2 aromatic rings. The molecule has 32 heavy (non-hydrogen) atoms. The van der Waals surface area contributed by atoms with Crippen LogP contribution in [0, 0.1) is 0 Å². The molecule has 0 spiro atoms. The third-order valence-corrected chi connectivity index (χ3v) is 5.37. The number of nitrogens with zero attached hydrogens (tertiary/aromatic N) is 2. The average molecular weight is 509 g/mol. The van der Waals surface area contributed by atoms with Crippen molar-refractivity contribution in [3.8, 4) is 5.75 Å². The Hall–Kier alpha value is -1.99. The van der Waals surface area contributed by atoms with Crippen LogP contribution < -0.4 is 31.6 Å². The van der Waals surface area contributed by atoms with Crippen LogP contribution in [-0.2, 0) is 17.9 Å². The van der Waals surface area contributed by atoms with E-state index in [2.05, 4.69) is 17.2 Å². The molecule has 0 atom stereocenters. The van der Waals surface area contributed by atoms with Gasteiger partial charge in [0.1, 0.15) is 6.61 Å². The minimum atomic E-state index is 0. The third-order valence-electron chi connectivity index (χ3n) is 5.37. The van der Waals surface area contributed by atoms with Crippen LogP contribution in [0.25, 0.3) is 0 Å². The number of unbranched alkanes of at least 4 members (excludes halogenated alkanes) is 7. The van der Waals surface area contributed by atoms with E-state index in [9.17, 15) is 4.79 Å². The van der Waals surface area contributed by atoms with Crippen molar-refractivity contribution in [1.82, 2.24) is 4.98 Å². The van der Waals surface area contributed by atoms with Crippen LogP contribution in [0.3, 0.4) is 0 Å². The van der Waals surface area contributed by atoms with E-state index in [1.807, 2.05) is 30.3 Å². The molecule has 0 amide bonds. The molecule has 0 radical (unpaired) electrons. The Bertz CT molecular complexity index is 788. The fourth-order valence-electron chi connectivity index (χ4n) is 3.62. The predicted octanol–water partition coefficient (Wildman–Crippen LogP) is 1.96. The Kier molecular flexibility index (Phi) is 14.6. The largest absolute Gasteiger partial charge is 1.00 e. The molecule has 1 heterocycles. The first kappa shape index (κ1) is 28.0. The zero-order valence-electron chi connectivity index (χ0n) is 19.7. The molecule has 0 fully saturated rings. The minimum absolute atomic E-state index is 0. The van der Waals surface area contributed by atoms with Gasteiger partial charge in [0.15, 0.2) is 12.2 Å². The molecule has 178 valence electrons. The van der Waals surface area contributed by atoms with Crippen molar-refractivity contribution in [3.63, 3.8) is 0 Å². The highest BCUT2D eigenvalue weighted by molar-refractivity contribution is 5.94. The minimum Gasteiger partial charge on any atom is -1.00 e.